The maximum absolute atomic E-state index is 11.7. The molecule has 2 aliphatic rings. The van der Waals surface area contributed by atoms with Crippen molar-refractivity contribution in [2.45, 2.75) is 32.4 Å². The lowest BCUT2D eigenvalue weighted by Gasteiger charge is -2.38. The van der Waals surface area contributed by atoms with Gasteiger partial charge in [0.2, 0.25) is 0 Å². The summed E-state index contributed by atoms with van der Waals surface area (Å²) in [6.07, 6.45) is 5.26. The first-order valence-electron chi connectivity index (χ1n) is 8.36. The SMILES string of the molecule is CC(C)c1ocnc1CN1CC(n2cc(N3CCNC3=O)cn2)C1. The number of oxazole rings is 1. The number of hydrogen-bond donors (Lipinski definition) is 1. The van der Waals surface area contributed by atoms with Crippen molar-refractivity contribution >= 4 is 11.7 Å². The molecule has 0 atom stereocenters. The van der Waals surface area contributed by atoms with E-state index in [1.54, 1.807) is 11.1 Å². The second kappa shape index (κ2) is 5.94. The molecule has 8 heteroatoms. The number of carbonyl (C=O) groups excluding carboxylic acids is 1. The molecule has 4 heterocycles. The average molecular weight is 330 g/mol. The lowest BCUT2D eigenvalue weighted by Crippen LogP contribution is -2.47. The standard InChI is InChI=1S/C16H22N6O2/c1-11(2)15-14(18-10-24-15)9-20-6-13(7-20)22-8-12(5-19-22)21-4-3-17-16(21)23/h5,8,10-11,13H,3-4,6-7,9H2,1-2H3,(H,17,23). The van der Waals surface area contributed by atoms with Gasteiger partial charge in [-0.2, -0.15) is 5.10 Å². The van der Waals surface area contributed by atoms with Gasteiger partial charge in [-0.1, -0.05) is 13.8 Å². The van der Waals surface area contributed by atoms with Gasteiger partial charge in [0.1, 0.15) is 5.76 Å². The van der Waals surface area contributed by atoms with E-state index in [2.05, 4.69) is 34.1 Å². The molecule has 4 rings (SSSR count). The van der Waals surface area contributed by atoms with Crippen LogP contribution in [0.1, 0.15) is 37.3 Å². The lowest BCUT2D eigenvalue weighted by molar-refractivity contribution is 0.0890. The van der Waals surface area contributed by atoms with Crippen molar-refractivity contribution in [3.8, 4) is 0 Å². The van der Waals surface area contributed by atoms with Gasteiger partial charge in [-0.3, -0.25) is 14.5 Å². The number of nitrogens with one attached hydrogen (secondary N) is 1. The first-order chi connectivity index (χ1) is 11.6. The van der Waals surface area contributed by atoms with E-state index in [1.807, 2.05) is 10.9 Å². The Bertz CT molecular complexity index is 731. The highest BCUT2D eigenvalue weighted by Crippen LogP contribution is 2.27. The minimum Gasteiger partial charge on any atom is -0.448 e. The molecule has 2 aliphatic heterocycles. The van der Waals surface area contributed by atoms with E-state index in [0.717, 1.165) is 36.8 Å². The minimum absolute atomic E-state index is 0.0444. The number of anilines is 1. The molecule has 2 aromatic heterocycles. The van der Waals surface area contributed by atoms with Crippen LogP contribution in [0, 0.1) is 0 Å². The van der Waals surface area contributed by atoms with E-state index >= 15 is 0 Å². The highest BCUT2D eigenvalue weighted by Gasteiger charge is 2.31. The van der Waals surface area contributed by atoms with Crippen molar-refractivity contribution in [1.29, 1.82) is 0 Å². The average Bonchev–Trinajstić information content (AvgIpc) is 3.21. The summed E-state index contributed by atoms with van der Waals surface area (Å²) in [5, 5.41) is 7.24. The predicted octanol–water partition coefficient (Wildman–Crippen LogP) is 1.58. The number of urea groups is 1. The Labute approximate surface area is 140 Å². The molecule has 1 N–H and O–H groups in total. The monoisotopic (exact) mass is 330 g/mol. The second-order valence-electron chi connectivity index (χ2n) is 6.73. The smallest absolute Gasteiger partial charge is 0.322 e. The van der Waals surface area contributed by atoms with Crippen LogP contribution in [0.15, 0.2) is 23.2 Å². The molecule has 0 aromatic carbocycles. The Hall–Kier alpha value is -2.35. The van der Waals surface area contributed by atoms with E-state index in [-0.39, 0.29) is 6.03 Å². The number of carbonyl (C=O) groups is 1. The number of rotatable bonds is 5. The van der Waals surface area contributed by atoms with Crippen LogP contribution in [-0.2, 0) is 6.54 Å². The summed E-state index contributed by atoms with van der Waals surface area (Å²) in [4.78, 5) is 20.1. The first-order valence-corrected chi connectivity index (χ1v) is 8.36. The van der Waals surface area contributed by atoms with Crippen LogP contribution in [0.4, 0.5) is 10.5 Å². The van der Waals surface area contributed by atoms with E-state index in [0.29, 0.717) is 25.0 Å². The maximum atomic E-state index is 11.7. The van der Waals surface area contributed by atoms with Crippen molar-refractivity contribution < 1.29 is 9.21 Å². The molecular formula is C16H22N6O2. The normalized spacial score (nSPS) is 19.1. The number of nitrogens with zero attached hydrogens (tertiary/aromatic N) is 5. The number of aromatic nitrogens is 3. The second-order valence-corrected chi connectivity index (χ2v) is 6.73. The van der Waals surface area contributed by atoms with E-state index in [9.17, 15) is 4.79 Å². The molecule has 0 unspecified atom stereocenters. The van der Waals surface area contributed by atoms with Gasteiger partial charge >= 0.3 is 6.03 Å². The summed E-state index contributed by atoms with van der Waals surface area (Å²) in [5.74, 6) is 1.32. The molecule has 2 saturated heterocycles. The van der Waals surface area contributed by atoms with Crippen LogP contribution in [0.2, 0.25) is 0 Å². The molecule has 8 nitrogen and oxygen atoms in total. The summed E-state index contributed by atoms with van der Waals surface area (Å²) in [5.41, 5.74) is 1.89. The van der Waals surface area contributed by atoms with Gasteiger partial charge in [-0.05, 0) is 0 Å². The summed E-state index contributed by atoms with van der Waals surface area (Å²) < 4.78 is 7.44. The summed E-state index contributed by atoms with van der Waals surface area (Å²) in [6.45, 7) is 8.28. The van der Waals surface area contributed by atoms with E-state index < -0.39 is 0 Å². The van der Waals surface area contributed by atoms with Crippen LogP contribution >= 0.6 is 0 Å². The Morgan fingerprint density at radius 1 is 1.42 bits per heavy atom. The molecule has 2 amide bonds. The van der Waals surface area contributed by atoms with Gasteiger partial charge in [0, 0.05) is 44.8 Å². The molecule has 24 heavy (non-hydrogen) atoms. The lowest BCUT2D eigenvalue weighted by atomic mass is 10.1. The Balaban J connectivity index is 1.35. The van der Waals surface area contributed by atoms with Gasteiger partial charge in [0.25, 0.3) is 0 Å². The zero-order valence-corrected chi connectivity index (χ0v) is 14.0. The molecule has 2 fully saturated rings. The van der Waals surface area contributed by atoms with E-state index in [4.69, 9.17) is 4.42 Å². The van der Waals surface area contributed by atoms with Gasteiger partial charge < -0.3 is 9.73 Å². The maximum Gasteiger partial charge on any atom is 0.322 e. The van der Waals surface area contributed by atoms with Gasteiger partial charge in [-0.15, -0.1) is 0 Å². The van der Waals surface area contributed by atoms with Crippen molar-refractivity contribution in [2.24, 2.45) is 0 Å². The van der Waals surface area contributed by atoms with Crippen LogP contribution in [-0.4, -0.2) is 51.9 Å². The largest absolute Gasteiger partial charge is 0.448 e. The zero-order valence-electron chi connectivity index (χ0n) is 14.0. The third-order valence-corrected chi connectivity index (χ3v) is 4.64. The van der Waals surface area contributed by atoms with Crippen LogP contribution < -0.4 is 10.2 Å². The minimum atomic E-state index is -0.0444. The molecule has 0 bridgehead atoms. The van der Waals surface area contributed by atoms with Crippen molar-refractivity contribution in [3.63, 3.8) is 0 Å². The molecular weight excluding hydrogens is 308 g/mol. The molecule has 0 saturated carbocycles. The third kappa shape index (κ3) is 2.66. The fraction of sp³-hybridized carbons (Fsp3) is 0.562. The highest BCUT2D eigenvalue weighted by atomic mass is 16.3. The quantitative estimate of drug-likeness (QED) is 0.900. The Morgan fingerprint density at radius 2 is 2.25 bits per heavy atom. The Morgan fingerprint density at radius 3 is 2.96 bits per heavy atom. The van der Waals surface area contributed by atoms with Gasteiger partial charge in [0.15, 0.2) is 6.39 Å². The van der Waals surface area contributed by atoms with Gasteiger partial charge in [0.05, 0.1) is 23.6 Å². The number of hydrogen-bond acceptors (Lipinski definition) is 5. The van der Waals surface area contributed by atoms with Crippen LogP contribution in [0.25, 0.3) is 0 Å². The highest BCUT2D eigenvalue weighted by molar-refractivity contribution is 5.93. The molecule has 0 spiro atoms. The topological polar surface area (TPSA) is 79.4 Å². The van der Waals surface area contributed by atoms with Crippen molar-refractivity contribution in [1.82, 2.24) is 25.0 Å². The first kappa shape index (κ1) is 15.2. The summed E-state index contributed by atoms with van der Waals surface area (Å²) >= 11 is 0. The Kier molecular flexibility index (Phi) is 3.76. The fourth-order valence-corrected chi connectivity index (χ4v) is 3.30. The van der Waals surface area contributed by atoms with E-state index in [1.165, 1.54) is 6.39 Å². The van der Waals surface area contributed by atoms with Crippen molar-refractivity contribution in [3.05, 3.63) is 30.2 Å². The van der Waals surface area contributed by atoms with Gasteiger partial charge in [-0.25, -0.2) is 9.78 Å². The number of likely N-dealkylation sites (tertiary alicyclic amines) is 1. The molecule has 0 aliphatic carbocycles. The summed E-state index contributed by atoms with van der Waals surface area (Å²) in [6, 6.07) is 0.302. The zero-order chi connectivity index (χ0) is 16.7. The third-order valence-electron chi connectivity index (χ3n) is 4.64. The van der Waals surface area contributed by atoms with Crippen molar-refractivity contribution in [2.75, 3.05) is 31.1 Å². The predicted molar refractivity (Wildman–Crippen MR) is 87.9 cm³/mol. The van der Waals surface area contributed by atoms with Crippen LogP contribution in [0.5, 0.6) is 0 Å². The molecule has 0 radical (unpaired) electrons. The molecule has 2 aromatic rings. The summed E-state index contributed by atoms with van der Waals surface area (Å²) in [7, 11) is 0. The van der Waals surface area contributed by atoms with Crippen LogP contribution in [0.3, 0.4) is 0 Å². The number of amides is 2. The molecule has 128 valence electrons. The fourth-order valence-electron chi connectivity index (χ4n) is 3.30.